The standard InChI is InChI=1S/C41H64N2O31/c44-4-11-29-18(51)23(56)36(62-11)70-30-12(5-45)64-38(25(58)20(30)53)72-32-14(7-47)66-40(27(60)22(32)55)74-34-16(9-49)67-41(28(61)35(34)68-17(50)3-43-2-1-42-10-43)73-33-15(8-48)65-39(26(59)21(33)54)71-31-13(6-46)63-37(69-29)24(57)19(31)52/h1-2,10-16,18-41,44-49,51-61H,3-9H2/t11-,12-,13-,14-,15-,16-,18-,19-,20-,21-,22-,23-,24-,25-,26-,27-,28-,29-,30-,31-,32-,33-,34+,35-,36-,37-,38-,39-,40-,41-/m1/s1. The lowest BCUT2D eigenvalue weighted by molar-refractivity contribution is -0.404. The summed E-state index contributed by atoms with van der Waals surface area (Å²) in [5.41, 5.74) is 0. The normalized spacial score (nSPS) is 50.6. The molecular weight excluding hydrogens is 1020 g/mol. The largest absolute Gasteiger partial charge is 0.455 e. The first-order valence-corrected chi connectivity index (χ1v) is 23.5. The number of rotatable bonds is 9. The van der Waals surface area contributed by atoms with E-state index in [1.54, 1.807) is 0 Å². The summed E-state index contributed by atoms with van der Waals surface area (Å²) in [5.74, 6) is -1.07. The Balaban J connectivity index is 1.12. The number of esters is 1. The van der Waals surface area contributed by atoms with Crippen LogP contribution in [0.4, 0.5) is 0 Å². The minimum absolute atomic E-state index is 0.533. The van der Waals surface area contributed by atoms with Crippen molar-refractivity contribution in [1.29, 1.82) is 0 Å². The monoisotopic (exact) mass is 1080 g/mol. The molecule has 0 aliphatic carbocycles. The van der Waals surface area contributed by atoms with Gasteiger partial charge in [-0.05, 0) is 0 Å². The van der Waals surface area contributed by atoms with Crippen LogP contribution in [0.3, 0.4) is 0 Å². The quantitative estimate of drug-likeness (QED) is 0.102. The highest BCUT2D eigenvalue weighted by Gasteiger charge is 2.59. The fraction of sp³-hybridized carbons (Fsp3) is 0.902. The number of carbonyl (C=O) groups excluding carboxylic acids is 1. The maximum Gasteiger partial charge on any atom is 0.326 e. The lowest BCUT2D eigenvalue weighted by atomic mass is 9.94. The lowest BCUT2D eigenvalue weighted by Crippen LogP contribution is -2.69. The van der Waals surface area contributed by atoms with Crippen LogP contribution in [0, 0.1) is 0 Å². The van der Waals surface area contributed by atoms with E-state index in [2.05, 4.69) is 4.98 Å². The maximum atomic E-state index is 13.4. The number of hydrogen-bond acceptors (Lipinski definition) is 32. The van der Waals surface area contributed by atoms with Gasteiger partial charge in [-0.15, -0.1) is 0 Å². The van der Waals surface area contributed by atoms with Crippen molar-refractivity contribution in [1.82, 2.24) is 9.55 Å². The van der Waals surface area contributed by atoms with Crippen LogP contribution in [0.25, 0.3) is 0 Å². The first kappa shape index (κ1) is 57.7. The molecule has 30 atom stereocenters. The summed E-state index contributed by atoms with van der Waals surface area (Å²) in [6.07, 6.45) is -55.7. The van der Waals surface area contributed by atoms with Gasteiger partial charge in [0.1, 0.15) is 147 Å². The number of aromatic nitrogens is 2. The number of hydrogen-bond donors (Lipinski definition) is 17. The van der Waals surface area contributed by atoms with E-state index < -0.39 is 236 Å². The van der Waals surface area contributed by atoms with Crippen LogP contribution >= 0.6 is 0 Å². The highest BCUT2D eigenvalue weighted by Crippen LogP contribution is 2.38. The molecule has 33 nitrogen and oxygen atoms in total. The van der Waals surface area contributed by atoms with Gasteiger partial charge in [0.2, 0.25) is 0 Å². The molecule has 0 unspecified atom stereocenters. The van der Waals surface area contributed by atoms with Crippen molar-refractivity contribution in [3.8, 4) is 0 Å². The smallest absolute Gasteiger partial charge is 0.326 e. The second-order valence-corrected chi connectivity index (χ2v) is 18.5. The van der Waals surface area contributed by atoms with Gasteiger partial charge in [-0.25, -0.2) is 4.98 Å². The first-order valence-electron chi connectivity index (χ1n) is 23.5. The molecule has 12 bridgehead atoms. The average molecular weight is 1080 g/mol. The van der Waals surface area contributed by atoms with E-state index in [1.165, 1.54) is 23.3 Å². The van der Waals surface area contributed by atoms with Crippen molar-refractivity contribution < 1.29 is 153 Å². The topological polar surface area (TPSA) is 499 Å². The Kier molecular flexibility index (Phi) is 19.2. The molecule has 22 fully saturated rings. The summed E-state index contributed by atoms with van der Waals surface area (Å²) >= 11 is 0. The summed E-state index contributed by atoms with van der Waals surface area (Å²) in [7, 11) is 0. The summed E-state index contributed by atoms with van der Waals surface area (Å²) in [6, 6.07) is 0. The molecule has 0 saturated carbocycles. The van der Waals surface area contributed by atoms with Crippen LogP contribution in [0.1, 0.15) is 0 Å². The first-order chi connectivity index (χ1) is 35.4. The molecule has 74 heavy (non-hydrogen) atoms. The predicted molar refractivity (Wildman–Crippen MR) is 222 cm³/mol. The molecule has 22 aliphatic heterocycles. The molecule has 0 spiro atoms. The van der Waals surface area contributed by atoms with Gasteiger partial charge >= 0.3 is 5.97 Å². The third kappa shape index (κ3) is 11.5. The van der Waals surface area contributed by atoms with Crippen LogP contribution in [-0.4, -0.2) is 326 Å². The number of aliphatic hydroxyl groups excluding tert-OH is 17. The molecule has 1 aromatic rings. The van der Waals surface area contributed by atoms with Gasteiger partial charge in [0.15, 0.2) is 43.8 Å². The van der Waals surface area contributed by atoms with Crippen LogP contribution in [-0.2, 0) is 72.9 Å². The highest BCUT2D eigenvalue weighted by atomic mass is 16.8. The molecule has 1 aromatic heterocycles. The minimum Gasteiger partial charge on any atom is -0.455 e. The van der Waals surface area contributed by atoms with Gasteiger partial charge in [-0.3, -0.25) is 4.79 Å². The Morgan fingerprint density at radius 3 is 0.892 bits per heavy atom. The molecule has 17 N–H and O–H groups in total. The van der Waals surface area contributed by atoms with Crippen molar-refractivity contribution in [2.24, 2.45) is 0 Å². The summed E-state index contributed by atoms with van der Waals surface area (Å²) in [4.78, 5) is 17.2. The highest BCUT2D eigenvalue weighted by molar-refractivity contribution is 5.69. The van der Waals surface area contributed by atoms with E-state index in [0.29, 0.717) is 0 Å². The molecular formula is C41H64N2O31. The summed E-state index contributed by atoms with van der Waals surface area (Å²) in [6.45, 7) is -6.72. The SMILES string of the molecule is O=C(Cn1ccnc1)O[C@@H]1[C@@H](O)[C@H]2O[C@H]3[C@H](O)[C@@H](O)[C@@H](O[C@H]4[C@H](O)[C@@H](O)[C@@H](O[C@H]5[C@H](O)[C@@H](O)[C@@H](O[C@H]6[C@H](O)[C@@H](O)[C@@H](O[C@H]7[C@H](O)[C@@H](O)[C@@H](O[C@H]1[C@@H](CO)O2)O[C@@H]7CO)O[C@@H]6CO)O[C@@H]5CO)O[C@@H]4CO)O[C@@H]3CO. The van der Waals surface area contributed by atoms with Crippen molar-refractivity contribution in [2.45, 2.75) is 191 Å². The molecule has 424 valence electrons. The van der Waals surface area contributed by atoms with Crippen LogP contribution < -0.4 is 0 Å². The molecule has 23 rings (SSSR count). The Morgan fingerprint density at radius 2 is 0.635 bits per heavy atom. The summed E-state index contributed by atoms with van der Waals surface area (Å²) < 4.78 is 76.0. The fourth-order valence-electron chi connectivity index (χ4n) is 9.77. The molecule has 0 radical (unpaired) electrons. The van der Waals surface area contributed by atoms with E-state index in [9.17, 15) is 91.6 Å². The molecule has 22 saturated heterocycles. The fourth-order valence-corrected chi connectivity index (χ4v) is 9.77. The van der Waals surface area contributed by atoms with Gasteiger partial charge in [0, 0.05) is 12.4 Å². The van der Waals surface area contributed by atoms with Crippen molar-refractivity contribution in [3.63, 3.8) is 0 Å². The van der Waals surface area contributed by atoms with Crippen LogP contribution in [0.15, 0.2) is 18.7 Å². The van der Waals surface area contributed by atoms with E-state index in [1.807, 2.05) is 0 Å². The van der Waals surface area contributed by atoms with Gasteiger partial charge in [0.05, 0.1) is 46.0 Å². The van der Waals surface area contributed by atoms with Crippen LogP contribution in [0.5, 0.6) is 0 Å². The van der Waals surface area contributed by atoms with Crippen molar-refractivity contribution in [3.05, 3.63) is 18.7 Å². The van der Waals surface area contributed by atoms with Gasteiger partial charge in [-0.1, -0.05) is 0 Å². The van der Waals surface area contributed by atoms with Crippen molar-refractivity contribution in [2.75, 3.05) is 39.6 Å². The molecule has 22 aliphatic rings. The minimum atomic E-state index is -2.22. The van der Waals surface area contributed by atoms with Crippen LogP contribution in [0.2, 0.25) is 0 Å². The average Bonchev–Trinajstić information content (AvgIpc) is 3.91. The van der Waals surface area contributed by atoms with E-state index >= 15 is 0 Å². The third-order valence-electron chi connectivity index (χ3n) is 13.8. The Hall–Kier alpha value is -2.48. The molecule has 23 heterocycles. The lowest BCUT2D eigenvalue weighted by Gasteiger charge is -2.51. The van der Waals surface area contributed by atoms with Gasteiger partial charge < -0.3 is 153 Å². The van der Waals surface area contributed by atoms with Gasteiger partial charge in [0.25, 0.3) is 0 Å². The van der Waals surface area contributed by atoms with Gasteiger partial charge in [-0.2, -0.15) is 0 Å². The number of aliphatic hydroxyl groups is 17. The zero-order chi connectivity index (χ0) is 53.4. The number of nitrogens with zero attached hydrogens (tertiary/aromatic N) is 2. The second-order valence-electron chi connectivity index (χ2n) is 18.5. The predicted octanol–water partition coefficient (Wildman–Crippen LogP) is -12.6. The zero-order valence-electron chi connectivity index (χ0n) is 38.7. The molecule has 0 aromatic carbocycles. The van der Waals surface area contributed by atoms with E-state index in [-0.39, 0.29) is 0 Å². The molecule has 0 amide bonds. The Morgan fingerprint density at radius 1 is 0.378 bits per heavy atom. The number of carbonyl (C=O) groups is 1. The third-order valence-corrected chi connectivity index (χ3v) is 13.8. The summed E-state index contributed by atoms with van der Waals surface area (Å²) in [5, 5.41) is 188. The maximum absolute atomic E-state index is 13.4. The number of ether oxygens (including phenoxy) is 13. The Labute approximate surface area is 417 Å². The van der Waals surface area contributed by atoms with E-state index in [0.717, 1.165) is 0 Å². The Bertz CT molecular complexity index is 1900. The number of imidazole rings is 1. The molecule has 33 heteroatoms. The zero-order valence-corrected chi connectivity index (χ0v) is 38.7. The van der Waals surface area contributed by atoms with E-state index in [4.69, 9.17) is 61.6 Å². The van der Waals surface area contributed by atoms with Crippen molar-refractivity contribution >= 4 is 5.97 Å². The second kappa shape index (κ2) is 24.7.